The second kappa shape index (κ2) is 4.33. The van der Waals surface area contributed by atoms with Gasteiger partial charge in [0.15, 0.2) is 0 Å². The van der Waals surface area contributed by atoms with Crippen molar-refractivity contribution < 1.29 is 9.53 Å². The van der Waals surface area contributed by atoms with Gasteiger partial charge in [-0.15, -0.1) is 0 Å². The summed E-state index contributed by atoms with van der Waals surface area (Å²) in [7, 11) is 0. The maximum atomic E-state index is 11.3. The van der Waals surface area contributed by atoms with Gasteiger partial charge in [0.2, 0.25) is 0 Å². The maximum absolute atomic E-state index is 11.3. The molecule has 2 fully saturated rings. The molecule has 0 spiro atoms. The van der Waals surface area contributed by atoms with Gasteiger partial charge in [-0.05, 0) is 49.9 Å². The van der Waals surface area contributed by atoms with Crippen LogP contribution in [0, 0.1) is 23.2 Å². The fourth-order valence-corrected chi connectivity index (χ4v) is 2.11. The number of carbonyl (C=O) groups is 1. The third kappa shape index (κ3) is 2.80. The topological polar surface area (TPSA) is 50.2 Å². The first-order valence-corrected chi connectivity index (χ1v) is 5.97. The first-order valence-electron chi connectivity index (χ1n) is 5.97. The fourth-order valence-electron chi connectivity index (χ4n) is 2.11. The van der Waals surface area contributed by atoms with Crippen LogP contribution in [0.4, 0.5) is 0 Å². The Labute approximate surface area is 90.7 Å². The van der Waals surface area contributed by atoms with E-state index in [0.717, 1.165) is 11.8 Å². The summed E-state index contributed by atoms with van der Waals surface area (Å²) in [4.78, 5) is 11.3. The molecule has 0 atom stereocenters. The van der Waals surface area contributed by atoms with Gasteiger partial charge >= 0.3 is 5.97 Å². The van der Waals surface area contributed by atoms with Crippen LogP contribution in [0.3, 0.4) is 0 Å². The first kappa shape index (κ1) is 10.7. The summed E-state index contributed by atoms with van der Waals surface area (Å²) < 4.78 is 5.20. The number of rotatable bonds is 6. The Morgan fingerprint density at radius 1 is 1.33 bits per heavy atom. The third-order valence-electron chi connectivity index (χ3n) is 3.46. The molecule has 2 aliphatic rings. The molecule has 0 aliphatic heterocycles. The molecular formula is C12H19NO2. The van der Waals surface area contributed by atoms with E-state index in [-0.39, 0.29) is 5.71 Å². The second-order valence-corrected chi connectivity index (χ2v) is 4.77. The summed E-state index contributed by atoms with van der Waals surface area (Å²) in [6.07, 6.45) is 5.71. The number of hydrogen-bond donors (Lipinski definition) is 1. The number of nitrogens with one attached hydrogen (secondary N) is 1. The quantitative estimate of drug-likeness (QED) is 0.539. The minimum Gasteiger partial charge on any atom is -0.461 e. The number of carbonyl (C=O) groups excluding carboxylic acids is 1. The zero-order valence-electron chi connectivity index (χ0n) is 9.29. The van der Waals surface area contributed by atoms with E-state index in [9.17, 15) is 4.79 Å². The smallest absolute Gasteiger partial charge is 0.351 e. The summed E-state index contributed by atoms with van der Waals surface area (Å²) in [6.45, 7) is 2.36. The van der Waals surface area contributed by atoms with Crippen molar-refractivity contribution in [2.75, 3.05) is 6.61 Å². The second-order valence-electron chi connectivity index (χ2n) is 4.77. The van der Waals surface area contributed by atoms with Crippen LogP contribution in [0.2, 0.25) is 0 Å². The lowest BCUT2D eigenvalue weighted by Crippen LogP contribution is -2.22. The van der Waals surface area contributed by atoms with Gasteiger partial charge in [-0.25, -0.2) is 4.79 Å². The van der Waals surface area contributed by atoms with Crippen LogP contribution in [-0.4, -0.2) is 18.3 Å². The van der Waals surface area contributed by atoms with Crippen LogP contribution < -0.4 is 0 Å². The van der Waals surface area contributed by atoms with Crippen molar-refractivity contribution in [1.29, 1.82) is 5.41 Å². The highest BCUT2D eigenvalue weighted by molar-refractivity contribution is 6.34. The monoisotopic (exact) mass is 209 g/mol. The van der Waals surface area contributed by atoms with Crippen LogP contribution in [-0.2, 0) is 9.53 Å². The van der Waals surface area contributed by atoms with Gasteiger partial charge in [0.05, 0.1) is 6.61 Å². The predicted molar refractivity (Wildman–Crippen MR) is 57.9 cm³/mol. The third-order valence-corrected chi connectivity index (χ3v) is 3.46. The van der Waals surface area contributed by atoms with Gasteiger partial charge in [0.1, 0.15) is 5.71 Å². The molecule has 0 aromatic heterocycles. The van der Waals surface area contributed by atoms with Crippen molar-refractivity contribution >= 4 is 11.7 Å². The molecule has 0 heterocycles. The lowest BCUT2D eigenvalue weighted by Gasteiger charge is -2.15. The largest absolute Gasteiger partial charge is 0.461 e. The van der Waals surface area contributed by atoms with E-state index in [4.69, 9.17) is 10.1 Å². The highest BCUT2D eigenvalue weighted by Gasteiger charge is 2.42. The Hall–Kier alpha value is -0.860. The van der Waals surface area contributed by atoms with Gasteiger partial charge in [-0.2, -0.15) is 0 Å². The fraction of sp³-hybridized carbons (Fsp3) is 0.833. The molecule has 2 aliphatic carbocycles. The molecule has 1 N–H and O–H groups in total. The molecule has 0 unspecified atom stereocenters. The summed E-state index contributed by atoms with van der Waals surface area (Å²) in [6, 6.07) is 0. The molecule has 0 aromatic rings. The van der Waals surface area contributed by atoms with Crippen molar-refractivity contribution in [1.82, 2.24) is 0 Å². The zero-order valence-corrected chi connectivity index (χ0v) is 9.29. The zero-order chi connectivity index (χ0) is 10.8. The van der Waals surface area contributed by atoms with E-state index < -0.39 is 5.97 Å². The minimum atomic E-state index is -0.413. The average Bonchev–Trinajstić information content (AvgIpc) is 3.07. The Morgan fingerprint density at radius 3 is 2.27 bits per heavy atom. The molecule has 0 radical (unpaired) electrons. The van der Waals surface area contributed by atoms with Crippen molar-refractivity contribution in [2.24, 2.45) is 17.8 Å². The summed E-state index contributed by atoms with van der Waals surface area (Å²) in [5.41, 5.74) is 0.0975. The van der Waals surface area contributed by atoms with Gasteiger partial charge in [-0.1, -0.05) is 6.92 Å². The Bertz CT molecular complexity index is 255. The molecule has 3 heteroatoms. The molecular weight excluding hydrogens is 190 g/mol. The Balaban J connectivity index is 1.75. The molecule has 0 bridgehead atoms. The SMILES string of the molecule is CCC(=N)C(=O)OCC(C1CC1)C1CC1. The minimum absolute atomic E-state index is 0.0975. The lowest BCUT2D eigenvalue weighted by atomic mass is 9.99. The molecule has 2 saturated carbocycles. The van der Waals surface area contributed by atoms with Crippen LogP contribution in [0.5, 0.6) is 0 Å². The molecule has 84 valence electrons. The van der Waals surface area contributed by atoms with E-state index in [1.807, 2.05) is 6.92 Å². The number of ether oxygens (including phenoxy) is 1. The molecule has 0 saturated heterocycles. The van der Waals surface area contributed by atoms with Crippen LogP contribution in [0.1, 0.15) is 39.0 Å². The lowest BCUT2D eigenvalue weighted by molar-refractivity contribution is -0.137. The number of hydrogen-bond acceptors (Lipinski definition) is 3. The predicted octanol–water partition coefficient (Wildman–Crippen LogP) is 2.40. The van der Waals surface area contributed by atoms with Crippen molar-refractivity contribution in [2.45, 2.75) is 39.0 Å². The number of esters is 1. The average molecular weight is 209 g/mol. The van der Waals surface area contributed by atoms with Gasteiger partial charge < -0.3 is 4.74 Å². The highest BCUT2D eigenvalue weighted by Crippen LogP contribution is 2.49. The van der Waals surface area contributed by atoms with E-state index in [0.29, 0.717) is 18.9 Å². The van der Waals surface area contributed by atoms with E-state index in [1.54, 1.807) is 0 Å². The molecule has 15 heavy (non-hydrogen) atoms. The molecule has 2 rings (SSSR count). The van der Waals surface area contributed by atoms with Crippen LogP contribution in [0.15, 0.2) is 0 Å². The van der Waals surface area contributed by atoms with E-state index in [1.165, 1.54) is 25.7 Å². The molecule has 0 amide bonds. The summed E-state index contributed by atoms with van der Waals surface area (Å²) in [5, 5.41) is 7.36. The maximum Gasteiger partial charge on any atom is 0.351 e. The van der Waals surface area contributed by atoms with Crippen molar-refractivity contribution in [3.63, 3.8) is 0 Å². The normalized spacial score (nSPS) is 20.4. The Kier molecular flexibility index (Phi) is 3.08. The Morgan fingerprint density at radius 2 is 1.87 bits per heavy atom. The highest BCUT2D eigenvalue weighted by atomic mass is 16.5. The van der Waals surface area contributed by atoms with Crippen LogP contribution >= 0.6 is 0 Å². The molecule has 0 aromatic carbocycles. The van der Waals surface area contributed by atoms with Crippen molar-refractivity contribution in [3.8, 4) is 0 Å². The first-order chi connectivity index (χ1) is 7.22. The summed E-state index contributed by atoms with van der Waals surface area (Å²) in [5.74, 6) is 1.80. The van der Waals surface area contributed by atoms with Crippen LogP contribution in [0.25, 0.3) is 0 Å². The van der Waals surface area contributed by atoms with E-state index in [2.05, 4.69) is 0 Å². The van der Waals surface area contributed by atoms with Gasteiger partial charge in [0.25, 0.3) is 0 Å². The van der Waals surface area contributed by atoms with Gasteiger partial charge in [-0.3, -0.25) is 5.41 Å². The molecule has 3 nitrogen and oxygen atoms in total. The van der Waals surface area contributed by atoms with Crippen molar-refractivity contribution in [3.05, 3.63) is 0 Å². The summed E-state index contributed by atoms with van der Waals surface area (Å²) >= 11 is 0. The van der Waals surface area contributed by atoms with Gasteiger partial charge in [0, 0.05) is 0 Å². The standard InChI is InChI=1S/C12H19NO2/c1-2-11(13)12(14)15-7-10(8-3-4-8)9-5-6-9/h8-10,13H,2-7H2,1H3. The van der Waals surface area contributed by atoms with E-state index >= 15 is 0 Å².